The van der Waals surface area contributed by atoms with Crippen molar-refractivity contribution in [2.75, 3.05) is 6.54 Å². The Balaban J connectivity index is 1.56. The van der Waals surface area contributed by atoms with Crippen molar-refractivity contribution in [2.45, 2.75) is 32.7 Å². The first-order chi connectivity index (χ1) is 14.5. The number of amides is 1. The molecule has 1 saturated heterocycles. The second kappa shape index (κ2) is 6.65. The Labute approximate surface area is 170 Å². The van der Waals surface area contributed by atoms with Crippen molar-refractivity contribution in [1.82, 2.24) is 28.9 Å². The van der Waals surface area contributed by atoms with Gasteiger partial charge in [-0.15, -0.1) is 0 Å². The van der Waals surface area contributed by atoms with E-state index in [-0.39, 0.29) is 23.1 Å². The maximum Gasteiger partial charge on any atom is 0.275 e. The van der Waals surface area contributed by atoms with Crippen LogP contribution in [0.25, 0.3) is 11.3 Å². The van der Waals surface area contributed by atoms with Gasteiger partial charge >= 0.3 is 0 Å². The number of fused-ring (bicyclic) bond motifs is 2. The van der Waals surface area contributed by atoms with Gasteiger partial charge in [0.1, 0.15) is 11.2 Å². The standard InChI is InChI=1S/C21H20N6O3/c1-12-13(2)23-18-10-15(24-27(18)19(12)28)16-6-5-9-25(16)20(29)14-11-22-17-7-3-4-8-26(17)21(14)30/h3-4,7-8,10-11,16,24H,5-6,9H2,1-2H3/t16-/m1/s1. The molecule has 0 bridgehead atoms. The predicted octanol–water partition coefficient (Wildman–Crippen LogP) is 1.62. The summed E-state index contributed by atoms with van der Waals surface area (Å²) in [5.74, 6) is -0.362. The maximum atomic E-state index is 13.3. The van der Waals surface area contributed by atoms with Crippen molar-refractivity contribution in [3.8, 4) is 0 Å². The van der Waals surface area contributed by atoms with Crippen LogP contribution in [-0.4, -0.2) is 41.3 Å². The lowest BCUT2D eigenvalue weighted by Gasteiger charge is -2.23. The number of hydrogen-bond donors (Lipinski definition) is 1. The summed E-state index contributed by atoms with van der Waals surface area (Å²) in [6.07, 6.45) is 4.48. The van der Waals surface area contributed by atoms with Crippen LogP contribution in [0.5, 0.6) is 0 Å². The van der Waals surface area contributed by atoms with Gasteiger partial charge in [0.05, 0.1) is 11.7 Å². The Morgan fingerprint density at radius 3 is 2.83 bits per heavy atom. The van der Waals surface area contributed by atoms with Crippen LogP contribution in [0, 0.1) is 13.8 Å². The third-order valence-corrected chi connectivity index (χ3v) is 5.82. The fourth-order valence-electron chi connectivity index (χ4n) is 4.07. The molecule has 4 aromatic rings. The molecule has 5 rings (SSSR count). The topological polar surface area (TPSA) is 105 Å². The Kier molecular flexibility index (Phi) is 4.05. The van der Waals surface area contributed by atoms with E-state index in [1.807, 2.05) is 0 Å². The van der Waals surface area contributed by atoms with Crippen LogP contribution >= 0.6 is 0 Å². The summed E-state index contributed by atoms with van der Waals surface area (Å²) < 4.78 is 2.78. The number of pyridine rings is 1. The molecule has 9 nitrogen and oxygen atoms in total. The van der Waals surface area contributed by atoms with Gasteiger partial charge in [0.15, 0.2) is 5.65 Å². The van der Waals surface area contributed by atoms with E-state index in [2.05, 4.69) is 15.1 Å². The highest BCUT2D eigenvalue weighted by molar-refractivity contribution is 5.94. The van der Waals surface area contributed by atoms with E-state index in [9.17, 15) is 14.4 Å². The fraction of sp³-hybridized carbons (Fsp3) is 0.286. The number of aromatic nitrogens is 5. The lowest BCUT2D eigenvalue weighted by atomic mass is 10.1. The lowest BCUT2D eigenvalue weighted by molar-refractivity contribution is 0.0730. The Morgan fingerprint density at radius 1 is 1.17 bits per heavy atom. The van der Waals surface area contributed by atoms with E-state index in [1.54, 1.807) is 49.2 Å². The summed E-state index contributed by atoms with van der Waals surface area (Å²) in [7, 11) is 0. The van der Waals surface area contributed by atoms with E-state index in [1.165, 1.54) is 15.1 Å². The van der Waals surface area contributed by atoms with Gasteiger partial charge in [-0.3, -0.25) is 23.9 Å². The predicted molar refractivity (Wildman–Crippen MR) is 110 cm³/mol. The largest absolute Gasteiger partial charge is 0.330 e. The van der Waals surface area contributed by atoms with Crippen LogP contribution in [-0.2, 0) is 0 Å². The fourth-order valence-corrected chi connectivity index (χ4v) is 4.07. The number of rotatable bonds is 2. The molecule has 1 atom stereocenters. The first-order valence-corrected chi connectivity index (χ1v) is 9.82. The first-order valence-electron chi connectivity index (χ1n) is 9.82. The molecular formula is C21H20N6O3. The molecule has 0 radical (unpaired) electrons. The van der Waals surface area contributed by atoms with Crippen LogP contribution in [0.3, 0.4) is 0 Å². The molecule has 30 heavy (non-hydrogen) atoms. The number of nitrogens with zero attached hydrogens (tertiary/aromatic N) is 5. The highest BCUT2D eigenvalue weighted by atomic mass is 16.2. The third kappa shape index (κ3) is 2.66. The Morgan fingerprint density at radius 2 is 2.00 bits per heavy atom. The Bertz CT molecular complexity index is 1430. The highest BCUT2D eigenvalue weighted by Gasteiger charge is 2.33. The zero-order valence-electron chi connectivity index (χ0n) is 16.6. The molecule has 0 spiro atoms. The average Bonchev–Trinajstić information content (AvgIpc) is 3.39. The van der Waals surface area contributed by atoms with Gasteiger partial charge in [-0.1, -0.05) is 6.07 Å². The number of aryl methyl sites for hydroxylation is 1. The van der Waals surface area contributed by atoms with Gasteiger partial charge in [0.2, 0.25) is 0 Å². The zero-order chi connectivity index (χ0) is 21.0. The molecule has 1 amide bonds. The molecule has 0 aliphatic carbocycles. The van der Waals surface area contributed by atoms with E-state index in [0.29, 0.717) is 29.1 Å². The summed E-state index contributed by atoms with van der Waals surface area (Å²) >= 11 is 0. The van der Waals surface area contributed by atoms with Gasteiger partial charge in [0, 0.05) is 36.3 Å². The van der Waals surface area contributed by atoms with Crippen molar-refractivity contribution in [3.05, 3.63) is 79.9 Å². The smallest absolute Gasteiger partial charge is 0.275 e. The maximum absolute atomic E-state index is 13.3. The third-order valence-electron chi connectivity index (χ3n) is 5.82. The number of likely N-dealkylation sites (tertiary alicyclic amines) is 1. The van der Waals surface area contributed by atoms with Gasteiger partial charge in [-0.05, 0) is 38.8 Å². The van der Waals surface area contributed by atoms with Crippen LogP contribution in [0.2, 0.25) is 0 Å². The van der Waals surface area contributed by atoms with Crippen LogP contribution in [0.4, 0.5) is 0 Å². The monoisotopic (exact) mass is 404 g/mol. The summed E-state index contributed by atoms with van der Waals surface area (Å²) in [5.41, 5.74) is 2.48. The van der Waals surface area contributed by atoms with Gasteiger partial charge < -0.3 is 4.90 Å². The number of hydrogen-bond acceptors (Lipinski definition) is 5. The minimum absolute atomic E-state index is 0.0312. The van der Waals surface area contributed by atoms with Gasteiger partial charge in [0.25, 0.3) is 17.0 Å². The van der Waals surface area contributed by atoms with E-state index in [4.69, 9.17) is 0 Å². The average molecular weight is 404 g/mol. The molecule has 1 aliphatic heterocycles. The van der Waals surface area contributed by atoms with E-state index < -0.39 is 5.56 Å². The molecule has 1 fully saturated rings. The van der Waals surface area contributed by atoms with Crippen LogP contribution in [0.1, 0.15) is 46.2 Å². The molecule has 1 N–H and O–H groups in total. The molecule has 9 heteroatoms. The number of carbonyl (C=O) groups excluding carboxylic acids is 1. The molecule has 1 aliphatic rings. The van der Waals surface area contributed by atoms with Crippen molar-refractivity contribution in [2.24, 2.45) is 0 Å². The quantitative estimate of drug-likeness (QED) is 0.547. The van der Waals surface area contributed by atoms with Crippen molar-refractivity contribution in [3.63, 3.8) is 0 Å². The molecule has 5 heterocycles. The highest BCUT2D eigenvalue weighted by Crippen LogP contribution is 2.32. The second-order valence-electron chi connectivity index (χ2n) is 7.59. The van der Waals surface area contributed by atoms with Gasteiger partial charge in [-0.2, -0.15) is 0 Å². The molecule has 152 valence electrons. The minimum Gasteiger partial charge on any atom is -0.330 e. The Hall–Kier alpha value is -3.75. The molecule has 0 aromatic carbocycles. The van der Waals surface area contributed by atoms with Crippen LogP contribution in [0.15, 0.2) is 46.2 Å². The lowest BCUT2D eigenvalue weighted by Crippen LogP contribution is -2.35. The molecule has 0 unspecified atom stereocenters. The number of H-pyrrole nitrogens is 1. The van der Waals surface area contributed by atoms with Crippen molar-refractivity contribution in [1.29, 1.82) is 0 Å². The summed E-state index contributed by atoms with van der Waals surface area (Å²) in [4.78, 5) is 49.0. The molecule has 0 saturated carbocycles. The van der Waals surface area contributed by atoms with Gasteiger partial charge in [-0.25, -0.2) is 14.5 Å². The number of carbonyl (C=O) groups is 1. The SMILES string of the molecule is Cc1nc2cc([C@H]3CCCN3C(=O)c3cnc4ccccn4c3=O)[nH]n2c(=O)c1C. The summed E-state index contributed by atoms with van der Waals surface area (Å²) in [5, 5.41) is 3.10. The normalized spacial score (nSPS) is 16.6. The summed E-state index contributed by atoms with van der Waals surface area (Å²) in [6, 6.07) is 6.76. The second-order valence-corrected chi connectivity index (χ2v) is 7.59. The number of nitrogens with one attached hydrogen (secondary N) is 1. The van der Waals surface area contributed by atoms with E-state index >= 15 is 0 Å². The minimum atomic E-state index is -0.392. The zero-order valence-corrected chi connectivity index (χ0v) is 16.6. The van der Waals surface area contributed by atoms with Crippen LogP contribution < -0.4 is 11.1 Å². The summed E-state index contributed by atoms with van der Waals surface area (Å²) in [6.45, 7) is 4.06. The molecular weight excluding hydrogens is 384 g/mol. The van der Waals surface area contributed by atoms with Crippen molar-refractivity contribution < 1.29 is 4.79 Å². The van der Waals surface area contributed by atoms with Crippen molar-refractivity contribution >= 4 is 17.2 Å². The van der Waals surface area contributed by atoms with E-state index in [0.717, 1.165) is 18.5 Å². The number of aromatic amines is 1. The molecule has 4 aromatic heterocycles. The first kappa shape index (κ1) is 18.3.